The number of amides is 1. The second kappa shape index (κ2) is 8.29. The standard InChI is InChI=1S/C26H31NO4/c1-16(24(30)31)14-22(28)17-6-8-18(9-7-17)23(29)27-19-10-11-20-21(15-19)26(4,5)13-12-25(20,2)3/h6-11,15-16H,12-14H2,1-5H3,(H,27,29)(H,30,31)/t16-/m1/s1. The van der Waals surface area contributed by atoms with Crippen LogP contribution in [0.5, 0.6) is 0 Å². The molecule has 0 spiro atoms. The van der Waals surface area contributed by atoms with Crippen molar-refractivity contribution >= 4 is 23.3 Å². The third kappa shape index (κ3) is 4.87. The van der Waals surface area contributed by atoms with Gasteiger partial charge in [-0.3, -0.25) is 14.4 Å². The van der Waals surface area contributed by atoms with Gasteiger partial charge in [0, 0.05) is 23.2 Å². The topological polar surface area (TPSA) is 83.5 Å². The van der Waals surface area contributed by atoms with Crippen molar-refractivity contribution in [2.45, 2.75) is 64.7 Å². The summed E-state index contributed by atoms with van der Waals surface area (Å²) in [5.74, 6) is -2.23. The Kier molecular flexibility index (Phi) is 6.08. The Morgan fingerprint density at radius 2 is 1.45 bits per heavy atom. The first-order valence-electron chi connectivity index (χ1n) is 10.7. The van der Waals surface area contributed by atoms with E-state index in [1.165, 1.54) is 18.1 Å². The molecule has 0 aliphatic heterocycles. The maximum atomic E-state index is 12.7. The van der Waals surface area contributed by atoms with Crippen molar-refractivity contribution < 1.29 is 19.5 Å². The summed E-state index contributed by atoms with van der Waals surface area (Å²) in [5, 5.41) is 11.9. The number of benzene rings is 2. The van der Waals surface area contributed by atoms with E-state index in [4.69, 9.17) is 5.11 Å². The molecule has 2 aromatic carbocycles. The molecule has 3 rings (SSSR count). The Morgan fingerprint density at radius 3 is 2.03 bits per heavy atom. The predicted octanol–water partition coefficient (Wildman–Crippen LogP) is 5.58. The molecule has 0 bridgehead atoms. The Bertz CT molecular complexity index is 1020. The number of nitrogens with one attached hydrogen (secondary N) is 1. The highest BCUT2D eigenvalue weighted by Crippen LogP contribution is 2.46. The van der Waals surface area contributed by atoms with Gasteiger partial charge >= 0.3 is 5.97 Å². The van der Waals surface area contributed by atoms with E-state index >= 15 is 0 Å². The van der Waals surface area contributed by atoms with Crippen LogP contribution >= 0.6 is 0 Å². The van der Waals surface area contributed by atoms with Gasteiger partial charge in [0.1, 0.15) is 0 Å². The zero-order valence-electron chi connectivity index (χ0n) is 18.9. The average molecular weight is 422 g/mol. The van der Waals surface area contributed by atoms with E-state index in [0.717, 1.165) is 18.5 Å². The Balaban J connectivity index is 1.75. The van der Waals surface area contributed by atoms with Crippen molar-refractivity contribution in [3.05, 3.63) is 64.7 Å². The minimum atomic E-state index is -0.999. The third-order valence-electron chi connectivity index (χ3n) is 6.49. The summed E-state index contributed by atoms with van der Waals surface area (Å²) in [6.45, 7) is 10.5. The van der Waals surface area contributed by atoms with E-state index < -0.39 is 11.9 Å². The molecule has 5 heteroatoms. The van der Waals surface area contributed by atoms with Gasteiger partial charge in [0.15, 0.2) is 5.78 Å². The number of ketones is 1. The molecule has 0 fully saturated rings. The zero-order chi connectivity index (χ0) is 23.0. The van der Waals surface area contributed by atoms with Gasteiger partial charge in [0.2, 0.25) is 0 Å². The maximum Gasteiger partial charge on any atom is 0.306 e. The fraction of sp³-hybridized carbons (Fsp3) is 0.423. The lowest BCUT2D eigenvalue weighted by atomic mass is 9.63. The monoisotopic (exact) mass is 421 g/mol. The molecule has 0 unspecified atom stereocenters. The first-order valence-corrected chi connectivity index (χ1v) is 10.7. The van der Waals surface area contributed by atoms with Crippen LogP contribution in [0.2, 0.25) is 0 Å². The SMILES string of the molecule is C[C@H](CC(=O)c1ccc(C(=O)Nc2ccc3c(c2)C(C)(C)CCC3(C)C)cc1)C(=O)O. The molecular formula is C26H31NO4. The van der Waals surface area contributed by atoms with E-state index in [1.54, 1.807) is 24.3 Å². The van der Waals surface area contributed by atoms with Crippen LogP contribution in [-0.2, 0) is 15.6 Å². The van der Waals surface area contributed by atoms with E-state index in [0.29, 0.717) is 11.1 Å². The number of anilines is 1. The molecule has 1 amide bonds. The van der Waals surface area contributed by atoms with E-state index in [9.17, 15) is 14.4 Å². The van der Waals surface area contributed by atoms with Crippen LogP contribution in [-0.4, -0.2) is 22.8 Å². The van der Waals surface area contributed by atoms with Gasteiger partial charge in [0.05, 0.1) is 5.92 Å². The number of Topliss-reactive ketones (excluding diaryl/α,β-unsaturated/α-hetero) is 1. The van der Waals surface area contributed by atoms with Gasteiger partial charge in [-0.05, 0) is 59.1 Å². The molecular weight excluding hydrogens is 390 g/mol. The van der Waals surface area contributed by atoms with Crippen LogP contribution in [0.25, 0.3) is 0 Å². The Morgan fingerprint density at radius 1 is 0.903 bits per heavy atom. The van der Waals surface area contributed by atoms with Gasteiger partial charge in [-0.15, -0.1) is 0 Å². The average Bonchev–Trinajstić information content (AvgIpc) is 2.71. The number of rotatable bonds is 6. The van der Waals surface area contributed by atoms with Gasteiger partial charge in [-0.2, -0.15) is 0 Å². The fourth-order valence-corrected chi connectivity index (χ4v) is 4.16. The number of carboxylic acids is 1. The van der Waals surface area contributed by atoms with Crippen molar-refractivity contribution in [1.29, 1.82) is 0 Å². The predicted molar refractivity (Wildman–Crippen MR) is 122 cm³/mol. The number of fused-ring (bicyclic) bond motifs is 1. The number of hydrogen-bond donors (Lipinski definition) is 2. The highest BCUT2D eigenvalue weighted by Gasteiger charge is 2.37. The van der Waals surface area contributed by atoms with E-state index in [2.05, 4.69) is 45.1 Å². The summed E-state index contributed by atoms with van der Waals surface area (Å²) in [7, 11) is 0. The Labute approximate surface area is 183 Å². The normalized spacial score (nSPS) is 17.3. The number of aliphatic carboxylic acids is 1. The number of hydrogen-bond acceptors (Lipinski definition) is 3. The van der Waals surface area contributed by atoms with Crippen molar-refractivity contribution in [3.8, 4) is 0 Å². The molecule has 1 aliphatic carbocycles. The lowest BCUT2D eigenvalue weighted by Gasteiger charge is -2.42. The van der Waals surface area contributed by atoms with Gasteiger partial charge in [-0.25, -0.2) is 0 Å². The van der Waals surface area contributed by atoms with Crippen LogP contribution < -0.4 is 5.32 Å². The minimum Gasteiger partial charge on any atom is -0.481 e. The Hall–Kier alpha value is -2.95. The lowest BCUT2D eigenvalue weighted by molar-refractivity contribution is -0.141. The van der Waals surface area contributed by atoms with E-state index in [1.807, 2.05) is 6.07 Å². The maximum absolute atomic E-state index is 12.7. The first-order chi connectivity index (χ1) is 14.4. The van der Waals surface area contributed by atoms with Crippen molar-refractivity contribution in [2.24, 2.45) is 5.92 Å². The van der Waals surface area contributed by atoms with Gasteiger partial charge < -0.3 is 10.4 Å². The lowest BCUT2D eigenvalue weighted by Crippen LogP contribution is -2.33. The fourth-order valence-electron chi connectivity index (χ4n) is 4.16. The summed E-state index contributed by atoms with van der Waals surface area (Å²) >= 11 is 0. The summed E-state index contributed by atoms with van der Waals surface area (Å²) < 4.78 is 0. The third-order valence-corrected chi connectivity index (χ3v) is 6.49. The molecule has 1 atom stereocenters. The van der Waals surface area contributed by atoms with Crippen molar-refractivity contribution in [3.63, 3.8) is 0 Å². The van der Waals surface area contributed by atoms with Crippen LogP contribution in [0.1, 0.15) is 85.7 Å². The van der Waals surface area contributed by atoms with Crippen LogP contribution in [0.15, 0.2) is 42.5 Å². The second-order valence-corrected chi connectivity index (χ2v) is 9.93. The van der Waals surface area contributed by atoms with Gasteiger partial charge in [0.25, 0.3) is 5.91 Å². The first kappa shape index (κ1) is 22.7. The number of carbonyl (C=O) groups excluding carboxylic acids is 2. The molecule has 0 aromatic heterocycles. The largest absolute Gasteiger partial charge is 0.481 e. The van der Waals surface area contributed by atoms with Crippen molar-refractivity contribution in [2.75, 3.05) is 5.32 Å². The number of carbonyl (C=O) groups is 3. The molecule has 0 radical (unpaired) electrons. The molecule has 31 heavy (non-hydrogen) atoms. The number of carboxylic acid groups (broad SMARTS) is 1. The van der Waals surface area contributed by atoms with Crippen LogP contribution in [0.3, 0.4) is 0 Å². The van der Waals surface area contributed by atoms with Crippen LogP contribution in [0, 0.1) is 5.92 Å². The minimum absolute atomic E-state index is 0.0562. The summed E-state index contributed by atoms with van der Waals surface area (Å²) in [6, 6.07) is 12.5. The molecule has 5 nitrogen and oxygen atoms in total. The molecule has 2 aromatic rings. The zero-order valence-corrected chi connectivity index (χ0v) is 18.9. The highest BCUT2D eigenvalue weighted by atomic mass is 16.4. The molecule has 0 saturated carbocycles. The smallest absolute Gasteiger partial charge is 0.306 e. The molecule has 0 saturated heterocycles. The summed E-state index contributed by atoms with van der Waals surface area (Å²) in [6.07, 6.45) is 2.16. The van der Waals surface area contributed by atoms with Crippen molar-refractivity contribution in [1.82, 2.24) is 0 Å². The molecule has 2 N–H and O–H groups in total. The molecule has 1 aliphatic rings. The highest BCUT2D eigenvalue weighted by molar-refractivity contribution is 6.05. The molecule has 0 heterocycles. The van der Waals surface area contributed by atoms with Gasteiger partial charge in [-0.1, -0.05) is 52.8 Å². The molecule has 164 valence electrons. The summed E-state index contributed by atoms with van der Waals surface area (Å²) in [5.41, 5.74) is 4.39. The second-order valence-electron chi connectivity index (χ2n) is 9.93. The van der Waals surface area contributed by atoms with Crippen LogP contribution in [0.4, 0.5) is 5.69 Å². The summed E-state index contributed by atoms with van der Waals surface area (Å²) in [4.78, 5) is 35.9. The quantitative estimate of drug-likeness (QED) is 0.596. The van der Waals surface area contributed by atoms with E-state index in [-0.39, 0.29) is 28.9 Å².